The summed E-state index contributed by atoms with van der Waals surface area (Å²) in [4.78, 5) is 53.9. The Labute approximate surface area is 203 Å². The Balaban J connectivity index is 3.26. The Morgan fingerprint density at radius 3 is 2.03 bits per heavy atom. The van der Waals surface area contributed by atoms with E-state index in [0.717, 1.165) is 0 Å². The molecule has 2 atom stereocenters. The van der Waals surface area contributed by atoms with E-state index in [1.54, 1.807) is 53.9 Å². The number of hydrogen-bond donors (Lipinski definition) is 2. The van der Waals surface area contributed by atoms with Crippen molar-refractivity contribution >= 4 is 23.8 Å². The molecule has 0 bridgehead atoms. The largest absolute Gasteiger partial charge is 0.445 e. The average molecular weight is 483 g/mol. The summed E-state index contributed by atoms with van der Waals surface area (Å²) in [5.41, 5.74) is -2.11. The molecule has 0 unspecified atom stereocenters. The van der Waals surface area contributed by atoms with Crippen LogP contribution in [0.2, 0.25) is 0 Å². The first kappa shape index (κ1) is 29.6. The highest BCUT2D eigenvalue weighted by atomic mass is 16.6. The molecule has 194 valence electrons. The lowest BCUT2D eigenvalue weighted by molar-refractivity contribution is -0.129. The summed E-state index contributed by atoms with van der Waals surface area (Å²) in [5, 5.41) is 6.42. The van der Waals surface area contributed by atoms with Crippen LogP contribution in [0.4, 0.5) is 9.59 Å². The second-order valence-corrected chi connectivity index (χ2v) is 9.91. The Hall–Kier alpha value is -2.46. The highest BCUT2D eigenvalue weighted by Gasteiger charge is 2.40. The molecule has 0 aromatic heterocycles. The summed E-state index contributed by atoms with van der Waals surface area (Å²) >= 11 is 0. The third-order valence-electron chi connectivity index (χ3n) is 5.83. The van der Waals surface area contributed by atoms with Gasteiger partial charge in [-0.1, -0.05) is 13.8 Å². The van der Waals surface area contributed by atoms with Crippen LogP contribution in [0.25, 0.3) is 0 Å². The lowest BCUT2D eigenvalue weighted by atomic mass is 9.85. The number of hydrogen-bond acceptors (Lipinski definition) is 8. The predicted molar refractivity (Wildman–Crippen MR) is 130 cm³/mol. The van der Waals surface area contributed by atoms with E-state index >= 15 is 0 Å². The molecule has 0 aromatic rings. The first-order chi connectivity index (χ1) is 15.7. The number of likely N-dealkylation sites (N-methyl/N-ethyl adjacent to an activating group) is 1. The monoisotopic (exact) mass is 482 g/mol. The van der Waals surface area contributed by atoms with Crippen molar-refractivity contribution in [1.29, 1.82) is 0 Å². The van der Waals surface area contributed by atoms with E-state index in [1.807, 2.05) is 13.8 Å². The van der Waals surface area contributed by atoms with Crippen molar-refractivity contribution < 1.29 is 28.7 Å². The van der Waals surface area contributed by atoms with Crippen LogP contribution >= 0.6 is 0 Å². The van der Waals surface area contributed by atoms with Gasteiger partial charge in [0, 0.05) is 39.1 Å². The first-order valence-corrected chi connectivity index (χ1v) is 11.7. The van der Waals surface area contributed by atoms with E-state index in [4.69, 9.17) is 9.47 Å². The second-order valence-electron chi connectivity index (χ2n) is 9.91. The van der Waals surface area contributed by atoms with Crippen LogP contribution in [0, 0.1) is 5.92 Å². The lowest BCUT2D eigenvalue weighted by Crippen LogP contribution is -2.63. The van der Waals surface area contributed by atoms with Crippen LogP contribution in [0.15, 0.2) is 12.2 Å². The number of ether oxygens (including phenoxy) is 2. The Morgan fingerprint density at radius 1 is 1.00 bits per heavy atom. The van der Waals surface area contributed by atoms with Crippen LogP contribution in [-0.4, -0.2) is 97.6 Å². The van der Waals surface area contributed by atoms with E-state index in [1.165, 1.54) is 9.80 Å². The predicted octanol–water partition coefficient (Wildman–Crippen LogP) is 1.98. The van der Waals surface area contributed by atoms with Crippen LogP contribution in [0.3, 0.4) is 0 Å². The standard InChI is InChI=1S/C24H42N4O6/c1-17(2)20(30)23(5)11-12-27(7)21(31)33-13-9-10-14-34-22(32)28(8)16-24(6,26-18(3)4)19(29)15-25-23/h9-10,17-18,25-26H,11-16H2,1-8H3/t23-,24-/m1/s1. The minimum Gasteiger partial charge on any atom is -0.445 e. The van der Waals surface area contributed by atoms with Crippen LogP contribution in [0.5, 0.6) is 0 Å². The Kier molecular flexibility index (Phi) is 11.2. The molecule has 1 aliphatic rings. The summed E-state index contributed by atoms with van der Waals surface area (Å²) in [5.74, 6) is -0.523. The number of nitrogens with zero attached hydrogens (tertiary/aromatic N) is 2. The molecule has 2 amide bonds. The van der Waals surface area contributed by atoms with E-state index in [9.17, 15) is 19.2 Å². The zero-order valence-electron chi connectivity index (χ0n) is 21.9. The van der Waals surface area contributed by atoms with Gasteiger partial charge in [-0.15, -0.1) is 0 Å². The van der Waals surface area contributed by atoms with Crippen molar-refractivity contribution in [3.8, 4) is 0 Å². The summed E-state index contributed by atoms with van der Waals surface area (Å²) in [6.07, 6.45) is 2.36. The van der Waals surface area contributed by atoms with Crippen molar-refractivity contribution in [3.05, 3.63) is 12.2 Å². The van der Waals surface area contributed by atoms with Gasteiger partial charge in [0.05, 0.1) is 17.6 Å². The normalized spacial score (nSPS) is 26.8. The average Bonchev–Trinajstić information content (AvgIpc) is 2.75. The molecule has 2 N–H and O–H groups in total. The molecule has 0 aliphatic carbocycles. The van der Waals surface area contributed by atoms with Crippen LogP contribution in [-0.2, 0) is 19.1 Å². The number of cyclic esters (lactones) is 2. The van der Waals surface area contributed by atoms with Crippen molar-refractivity contribution in [3.63, 3.8) is 0 Å². The molecule has 0 spiro atoms. The minimum atomic E-state index is -1.07. The summed E-state index contributed by atoms with van der Waals surface area (Å²) < 4.78 is 10.4. The molecule has 10 nitrogen and oxygen atoms in total. The van der Waals surface area contributed by atoms with Crippen molar-refractivity contribution in [2.24, 2.45) is 5.92 Å². The molecular formula is C24H42N4O6. The number of amides is 2. The maximum Gasteiger partial charge on any atom is 0.409 e. The van der Waals surface area contributed by atoms with Crippen molar-refractivity contribution in [2.45, 2.75) is 65.1 Å². The molecule has 0 aromatic carbocycles. The molecule has 1 heterocycles. The zero-order chi connectivity index (χ0) is 26.1. The molecule has 1 aliphatic heterocycles. The Morgan fingerprint density at radius 2 is 1.53 bits per heavy atom. The first-order valence-electron chi connectivity index (χ1n) is 11.7. The van der Waals surface area contributed by atoms with Gasteiger partial charge < -0.3 is 24.6 Å². The van der Waals surface area contributed by atoms with E-state index < -0.39 is 23.3 Å². The highest BCUT2D eigenvalue weighted by Crippen LogP contribution is 2.19. The fourth-order valence-electron chi connectivity index (χ4n) is 3.87. The van der Waals surface area contributed by atoms with Gasteiger partial charge in [0.2, 0.25) is 0 Å². The molecule has 10 heteroatoms. The number of nitrogens with one attached hydrogen (secondary N) is 2. The number of carbonyl (C=O) groups is 4. The molecule has 0 saturated carbocycles. The summed E-state index contributed by atoms with van der Waals surface area (Å²) in [6.45, 7) is 11.2. The minimum absolute atomic E-state index is 0.00998. The highest BCUT2D eigenvalue weighted by molar-refractivity contribution is 5.93. The summed E-state index contributed by atoms with van der Waals surface area (Å²) in [6, 6.07) is -0.0255. The van der Waals surface area contributed by atoms with Crippen molar-refractivity contribution in [2.75, 3.05) is 46.9 Å². The second kappa shape index (κ2) is 12.9. The van der Waals surface area contributed by atoms with Gasteiger partial charge in [-0.3, -0.25) is 14.9 Å². The topological polar surface area (TPSA) is 117 Å². The molecule has 0 saturated heterocycles. The van der Waals surface area contributed by atoms with Gasteiger partial charge in [0.25, 0.3) is 0 Å². The SMILES string of the molecule is CC(C)N[C@]1(C)CN(C)C(=O)OCC=CCOC(=O)N(C)CC[C@](C)(C(=O)C(C)C)NCC1=O. The van der Waals surface area contributed by atoms with E-state index in [0.29, 0.717) is 6.42 Å². The smallest absolute Gasteiger partial charge is 0.409 e. The van der Waals surface area contributed by atoms with Gasteiger partial charge >= 0.3 is 12.2 Å². The van der Waals surface area contributed by atoms with Gasteiger partial charge in [-0.05, 0) is 46.3 Å². The van der Waals surface area contributed by atoms with Gasteiger partial charge in [-0.2, -0.15) is 0 Å². The van der Waals surface area contributed by atoms with Crippen molar-refractivity contribution in [1.82, 2.24) is 20.4 Å². The molecule has 34 heavy (non-hydrogen) atoms. The third-order valence-corrected chi connectivity index (χ3v) is 5.83. The lowest BCUT2D eigenvalue weighted by Gasteiger charge is -2.37. The maximum atomic E-state index is 13.4. The third kappa shape index (κ3) is 8.72. The Bertz CT molecular complexity index is 769. The quantitative estimate of drug-likeness (QED) is 0.584. The maximum absolute atomic E-state index is 13.4. The molecule has 1 rings (SSSR count). The zero-order valence-corrected chi connectivity index (χ0v) is 21.9. The molecular weight excluding hydrogens is 440 g/mol. The number of carbonyl (C=O) groups excluding carboxylic acids is 4. The number of rotatable bonds is 4. The number of Topliss-reactive ketones (excluding diaryl/α,β-unsaturated/α-hetero) is 2. The van der Waals surface area contributed by atoms with Gasteiger partial charge in [0.1, 0.15) is 13.2 Å². The fourth-order valence-corrected chi connectivity index (χ4v) is 3.87. The summed E-state index contributed by atoms with van der Waals surface area (Å²) in [7, 11) is 3.16. The van der Waals surface area contributed by atoms with E-state index in [2.05, 4.69) is 10.6 Å². The van der Waals surface area contributed by atoms with Crippen LogP contribution < -0.4 is 10.6 Å². The van der Waals surface area contributed by atoms with Gasteiger partial charge in [0.15, 0.2) is 11.6 Å². The molecule has 0 radical (unpaired) electrons. The van der Waals surface area contributed by atoms with E-state index in [-0.39, 0.29) is 56.4 Å². The number of ketones is 2. The van der Waals surface area contributed by atoms with Crippen LogP contribution in [0.1, 0.15) is 48.0 Å². The molecule has 0 fully saturated rings. The fraction of sp³-hybridized carbons (Fsp3) is 0.750. The van der Waals surface area contributed by atoms with Gasteiger partial charge in [-0.25, -0.2) is 9.59 Å².